The molecule has 0 aromatic heterocycles. The molecule has 0 heterocycles. The Bertz CT molecular complexity index is 612. The highest BCUT2D eigenvalue weighted by Crippen LogP contribution is 2.18. The van der Waals surface area contributed by atoms with E-state index in [1.165, 1.54) is 12.1 Å². The summed E-state index contributed by atoms with van der Waals surface area (Å²) in [6.07, 6.45) is 0. The van der Waals surface area contributed by atoms with E-state index in [1.54, 1.807) is 24.3 Å². The predicted molar refractivity (Wildman–Crippen MR) is 74.9 cm³/mol. The maximum absolute atomic E-state index is 13.4. The molecule has 0 atom stereocenters. The molecule has 2 N–H and O–H groups in total. The van der Waals surface area contributed by atoms with Crippen LogP contribution < -0.4 is 10.6 Å². The molecule has 3 nitrogen and oxygen atoms in total. The van der Waals surface area contributed by atoms with Gasteiger partial charge in [0, 0.05) is 17.8 Å². The lowest BCUT2D eigenvalue weighted by Gasteiger charge is -2.08. The molecular formula is C15H14F2N2O. The molecule has 0 radical (unpaired) electrons. The van der Waals surface area contributed by atoms with Crippen molar-refractivity contribution in [1.29, 1.82) is 0 Å². The lowest BCUT2D eigenvalue weighted by atomic mass is 10.2. The second-order valence-corrected chi connectivity index (χ2v) is 4.16. The summed E-state index contributed by atoms with van der Waals surface area (Å²) in [5, 5.41) is 5.44. The second kappa shape index (κ2) is 6.14. The first-order valence-corrected chi connectivity index (χ1v) is 6.21. The first-order valence-electron chi connectivity index (χ1n) is 6.21. The predicted octanol–water partition coefficient (Wildman–Crippen LogP) is 3.65. The summed E-state index contributed by atoms with van der Waals surface area (Å²) < 4.78 is 26.5. The SMILES string of the molecule is CCNc1ccc(C(=O)Nc2cccc(F)c2F)cc1. The highest BCUT2D eigenvalue weighted by molar-refractivity contribution is 6.04. The Balaban J connectivity index is 2.13. The van der Waals surface area contributed by atoms with Crippen molar-refractivity contribution in [2.45, 2.75) is 6.92 Å². The standard InChI is InChI=1S/C15H14F2N2O/c1-2-18-11-8-6-10(7-9-11)15(20)19-13-5-3-4-12(16)14(13)17/h3-9,18H,2H2,1H3,(H,19,20). The molecule has 0 aliphatic carbocycles. The van der Waals surface area contributed by atoms with Crippen LogP contribution in [-0.2, 0) is 0 Å². The third-order valence-electron chi connectivity index (χ3n) is 2.73. The number of nitrogens with one attached hydrogen (secondary N) is 2. The summed E-state index contributed by atoms with van der Waals surface area (Å²) in [7, 11) is 0. The summed E-state index contributed by atoms with van der Waals surface area (Å²) in [6.45, 7) is 2.74. The van der Waals surface area contributed by atoms with Crippen LogP contribution in [0.4, 0.5) is 20.2 Å². The van der Waals surface area contributed by atoms with Crippen LogP contribution >= 0.6 is 0 Å². The Labute approximate surface area is 115 Å². The fraction of sp³-hybridized carbons (Fsp3) is 0.133. The molecule has 0 saturated carbocycles. The van der Waals surface area contributed by atoms with E-state index in [0.29, 0.717) is 5.56 Å². The number of rotatable bonds is 4. The molecular weight excluding hydrogens is 262 g/mol. The molecule has 2 aromatic rings. The van der Waals surface area contributed by atoms with Crippen molar-refractivity contribution in [3.8, 4) is 0 Å². The Morgan fingerprint density at radius 3 is 2.45 bits per heavy atom. The lowest BCUT2D eigenvalue weighted by molar-refractivity contribution is 0.102. The first kappa shape index (κ1) is 14.0. The number of hydrogen-bond acceptors (Lipinski definition) is 2. The number of benzene rings is 2. The van der Waals surface area contributed by atoms with E-state index in [2.05, 4.69) is 10.6 Å². The van der Waals surface area contributed by atoms with Gasteiger partial charge in [-0.15, -0.1) is 0 Å². The van der Waals surface area contributed by atoms with Gasteiger partial charge in [-0.05, 0) is 43.3 Å². The van der Waals surface area contributed by atoms with Gasteiger partial charge in [-0.2, -0.15) is 0 Å². The fourth-order valence-corrected chi connectivity index (χ4v) is 1.74. The van der Waals surface area contributed by atoms with E-state index in [9.17, 15) is 13.6 Å². The third kappa shape index (κ3) is 3.12. The number of amides is 1. The minimum absolute atomic E-state index is 0.175. The minimum atomic E-state index is -1.06. The third-order valence-corrected chi connectivity index (χ3v) is 2.73. The molecule has 0 bridgehead atoms. The smallest absolute Gasteiger partial charge is 0.255 e. The van der Waals surface area contributed by atoms with Crippen LogP contribution in [0.25, 0.3) is 0 Å². The van der Waals surface area contributed by atoms with Crippen molar-refractivity contribution >= 4 is 17.3 Å². The average Bonchev–Trinajstić information content (AvgIpc) is 2.45. The number of hydrogen-bond donors (Lipinski definition) is 2. The molecule has 0 aliphatic rings. The molecule has 0 saturated heterocycles. The zero-order chi connectivity index (χ0) is 14.5. The van der Waals surface area contributed by atoms with Crippen molar-refractivity contribution in [2.24, 2.45) is 0 Å². The molecule has 0 spiro atoms. The topological polar surface area (TPSA) is 41.1 Å². The van der Waals surface area contributed by atoms with E-state index in [4.69, 9.17) is 0 Å². The number of carbonyl (C=O) groups excluding carboxylic acids is 1. The Morgan fingerprint density at radius 2 is 1.80 bits per heavy atom. The summed E-state index contributed by atoms with van der Waals surface area (Å²) >= 11 is 0. The van der Waals surface area contributed by atoms with Crippen molar-refractivity contribution < 1.29 is 13.6 Å². The van der Waals surface area contributed by atoms with Crippen molar-refractivity contribution in [2.75, 3.05) is 17.2 Å². The van der Waals surface area contributed by atoms with E-state index in [-0.39, 0.29) is 5.69 Å². The van der Waals surface area contributed by atoms with Crippen LogP contribution in [0.2, 0.25) is 0 Å². The minimum Gasteiger partial charge on any atom is -0.385 e. The van der Waals surface area contributed by atoms with Gasteiger partial charge in [0.15, 0.2) is 11.6 Å². The van der Waals surface area contributed by atoms with Crippen LogP contribution in [0.15, 0.2) is 42.5 Å². The van der Waals surface area contributed by atoms with E-state index in [0.717, 1.165) is 18.3 Å². The van der Waals surface area contributed by atoms with Crippen LogP contribution in [0.1, 0.15) is 17.3 Å². The average molecular weight is 276 g/mol. The van der Waals surface area contributed by atoms with E-state index >= 15 is 0 Å². The molecule has 0 unspecified atom stereocenters. The Hall–Kier alpha value is -2.43. The van der Waals surface area contributed by atoms with E-state index in [1.807, 2.05) is 6.92 Å². The zero-order valence-corrected chi connectivity index (χ0v) is 10.9. The van der Waals surface area contributed by atoms with Gasteiger partial charge in [-0.1, -0.05) is 6.07 Å². The van der Waals surface area contributed by atoms with Gasteiger partial charge < -0.3 is 10.6 Å². The molecule has 0 aliphatic heterocycles. The van der Waals surface area contributed by atoms with Gasteiger partial charge >= 0.3 is 0 Å². The number of carbonyl (C=O) groups is 1. The van der Waals surface area contributed by atoms with Gasteiger partial charge in [-0.3, -0.25) is 4.79 Å². The maximum atomic E-state index is 13.4. The fourth-order valence-electron chi connectivity index (χ4n) is 1.74. The van der Waals surface area contributed by atoms with Crippen molar-refractivity contribution in [1.82, 2.24) is 0 Å². The van der Waals surface area contributed by atoms with E-state index < -0.39 is 17.5 Å². The summed E-state index contributed by atoms with van der Waals surface area (Å²) in [4.78, 5) is 11.9. The van der Waals surface area contributed by atoms with Gasteiger partial charge in [0.2, 0.25) is 0 Å². The number of halogens is 2. The van der Waals surface area contributed by atoms with Crippen LogP contribution in [0.3, 0.4) is 0 Å². The largest absolute Gasteiger partial charge is 0.385 e. The van der Waals surface area contributed by atoms with Gasteiger partial charge in [0.1, 0.15) is 0 Å². The van der Waals surface area contributed by atoms with Gasteiger partial charge in [-0.25, -0.2) is 8.78 Å². The molecule has 0 fully saturated rings. The molecule has 1 amide bonds. The Morgan fingerprint density at radius 1 is 1.10 bits per heavy atom. The summed E-state index contributed by atoms with van der Waals surface area (Å²) in [5.74, 6) is -2.55. The second-order valence-electron chi connectivity index (χ2n) is 4.16. The summed E-state index contributed by atoms with van der Waals surface area (Å²) in [6, 6.07) is 10.4. The molecule has 20 heavy (non-hydrogen) atoms. The quantitative estimate of drug-likeness (QED) is 0.895. The highest BCUT2D eigenvalue weighted by atomic mass is 19.2. The molecule has 2 rings (SSSR count). The monoisotopic (exact) mass is 276 g/mol. The normalized spacial score (nSPS) is 10.2. The first-order chi connectivity index (χ1) is 9.61. The highest BCUT2D eigenvalue weighted by Gasteiger charge is 2.11. The van der Waals surface area contributed by atoms with Crippen molar-refractivity contribution in [3.05, 3.63) is 59.7 Å². The van der Waals surface area contributed by atoms with Crippen LogP contribution in [-0.4, -0.2) is 12.5 Å². The van der Waals surface area contributed by atoms with Gasteiger partial charge in [0.25, 0.3) is 5.91 Å². The molecule has 104 valence electrons. The zero-order valence-electron chi connectivity index (χ0n) is 10.9. The maximum Gasteiger partial charge on any atom is 0.255 e. The molecule has 5 heteroatoms. The lowest BCUT2D eigenvalue weighted by Crippen LogP contribution is -2.13. The molecule has 2 aromatic carbocycles. The van der Waals surface area contributed by atoms with Crippen LogP contribution in [0, 0.1) is 11.6 Å². The Kier molecular flexibility index (Phi) is 4.30. The van der Waals surface area contributed by atoms with Crippen molar-refractivity contribution in [3.63, 3.8) is 0 Å². The van der Waals surface area contributed by atoms with Gasteiger partial charge in [0.05, 0.1) is 5.69 Å². The number of anilines is 2. The van der Waals surface area contributed by atoms with Crippen LogP contribution in [0.5, 0.6) is 0 Å². The summed E-state index contributed by atoms with van der Waals surface area (Å²) in [5.41, 5.74) is 1.09.